The molecule has 2 heterocycles. The van der Waals surface area contributed by atoms with E-state index in [4.69, 9.17) is 4.42 Å². The van der Waals surface area contributed by atoms with E-state index in [0.29, 0.717) is 13.0 Å². The summed E-state index contributed by atoms with van der Waals surface area (Å²) in [4.78, 5) is 27.8. The third kappa shape index (κ3) is 4.54. The number of carbonyl (C=O) groups excluding carboxylic acids is 2. The van der Waals surface area contributed by atoms with Gasteiger partial charge in [0.2, 0.25) is 5.91 Å². The van der Waals surface area contributed by atoms with Crippen molar-refractivity contribution in [1.29, 1.82) is 0 Å². The van der Waals surface area contributed by atoms with E-state index >= 15 is 0 Å². The van der Waals surface area contributed by atoms with Crippen LogP contribution >= 0.6 is 0 Å². The van der Waals surface area contributed by atoms with Gasteiger partial charge < -0.3 is 14.6 Å². The predicted octanol–water partition coefficient (Wildman–Crippen LogP) is 2.57. The summed E-state index contributed by atoms with van der Waals surface area (Å²) in [6, 6.07) is 16.7. The van der Waals surface area contributed by atoms with E-state index in [1.165, 1.54) is 23.3 Å². The Bertz CT molecular complexity index is 1200. The van der Waals surface area contributed by atoms with Crippen molar-refractivity contribution in [2.75, 3.05) is 6.26 Å². The molecule has 31 heavy (non-hydrogen) atoms. The highest BCUT2D eigenvalue weighted by Gasteiger charge is 2.35. The quantitative estimate of drug-likeness (QED) is 0.660. The van der Waals surface area contributed by atoms with Crippen molar-refractivity contribution in [3.63, 3.8) is 0 Å². The molecule has 0 fully saturated rings. The van der Waals surface area contributed by atoms with Crippen LogP contribution in [0.15, 0.2) is 76.2 Å². The molecule has 2 aromatic carbocycles. The molecule has 0 radical (unpaired) electrons. The zero-order valence-electron chi connectivity index (χ0n) is 16.9. The summed E-state index contributed by atoms with van der Waals surface area (Å²) in [5.74, 6) is -0.424. The number of rotatable bonds is 5. The van der Waals surface area contributed by atoms with Gasteiger partial charge in [-0.05, 0) is 41.0 Å². The van der Waals surface area contributed by atoms with Gasteiger partial charge in [-0.2, -0.15) is 0 Å². The molecular weight excluding hydrogens is 416 g/mol. The van der Waals surface area contributed by atoms with Crippen molar-refractivity contribution >= 4 is 21.7 Å². The summed E-state index contributed by atoms with van der Waals surface area (Å²) >= 11 is 0. The second kappa shape index (κ2) is 8.39. The van der Waals surface area contributed by atoms with E-state index in [-0.39, 0.29) is 29.0 Å². The minimum Gasteiger partial charge on any atom is -0.459 e. The third-order valence-electron chi connectivity index (χ3n) is 5.36. The Balaban J connectivity index is 1.52. The number of amides is 2. The van der Waals surface area contributed by atoms with Gasteiger partial charge in [0, 0.05) is 25.8 Å². The molecule has 4 rings (SSSR count). The Kier molecular flexibility index (Phi) is 5.65. The smallest absolute Gasteiger partial charge is 0.290 e. The second-order valence-corrected chi connectivity index (χ2v) is 9.55. The zero-order valence-corrected chi connectivity index (χ0v) is 17.8. The summed E-state index contributed by atoms with van der Waals surface area (Å²) < 4.78 is 28.5. The lowest BCUT2D eigenvalue weighted by molar-refractivity contribution is -0.126. The van der Waals surface area contributed by atoms with Gasteiger partial charge in [-0.25, -0.2) is 8.42 Å². The number of nitrogens with zero attached hydrogens (tertiary/aromatic N) is 1. The molecule has 0 spiro atoms. The lowest BCUT2D eigenvalue weighted by Crippen LogP contribution is -2.52. The molecule has 7 nitrogen and oxygen atoms in total. The molecule has 2 amide bonds. The van der Waals surface area contributed by atoms with E-state index in [0.717, 1.165) is 22.9 Å². The van der Waals surface area contributed by atoms with Crippen LogP contribution in [0.1, 0.15) is 27.2 Å². The van der Waals surface area contributed by atoms with Crippen molar-refractivity contribution in [2.24, 2.45) is 0 Å². The fraction of sp³-hybridized carbons (Fsp3) is 0.217. The summed E-state index contributed by atoms with van der Waals surface area (Å²) in [7, 11) is -3.28. The fourth-order valence-electron chi connectivity index (χ4n) is 3.67. The number of hydrogen-bond donors (Lipinski definition) is 1. The van der Waals surface area contributed by atoms with Gasteiger partial charge in [0.1, 0.15) is 6.04 Å². The molecule has 1 atom stereocenters. The van der Waals surface area contributed by atoms with Crippen LogP contribution in [0.2, 0.25) is 0 Å². The molecule has 8 heteroatoms. The van der Waals surface area contributed by atoms with Crippen LogP contribution in [0.5, 0.6) is 0 Å². The van der Waals surface area contributed by atoms with Crippen molar-refractivity contribution in [1.82, 2.24) is 10.2 Å². The molecule has 160 valence electrons. The monoisotopic (exact) mass is 438 g/mol. The highest BCUT2D eigenvalue weighted by atomic mass is 32.2. The average Bonchev–Trinajstić information content (AvgIpc) is 3.30. The highest BCUT2D eigenvalue weighted by Crippen LogP contribution is 2.25. The first-order valence-electron chi connectivity index (χ1n) is 9.81. The minimum absolute atomic E-state index is 0.188. The molecular formula is C23H22N2O5S. The van der Waals surface area contributed by atoms with Gasteiger partial charge in [-0.1, -0.05) is 36.4 Å². The van der Waals surface area contributed by atoms with Gasteiger partial charge in [0.25, 0.3) is 5.91 Å². The summed E-state index contributed by atoms with van der Waals surface area (Å²) in [5.41, 5.74) is 2.80. The highest BCUT2D eigenvalue weighted by molar-refractivity contribution is 7.90. The maximum atomic E-state index is 13.1. The van der Waals surface area contributed by atoms with Crippen LogP contribution < -0.4 is 5.32 Å². The molecule has 1 aliphatic heterocycles. The third-order valence-corrected chi connectivity index (χ3v) is 6.49. The Morgan fingerprint density at radius 1 is 1.03 bits per heavy atom. The van der Waals surface area contributed by atoms with E-state index in [9.17, 15) is 18.0 Å². The summed E-state index contributed by atoms with van der Waals surface area (Å²) in [6.45, 7) is 0.542. The van der Waals surface area contributed by atoms with Crippen LogP contribution in [-0.2, 0) is 34.1 Å². The largest absolute Gasteiger partial charge is 0.459 e. The maximum absolute atomic E-state index is 13.1. The first-order chi connectivity index (χ1) is 14.8. The average molecular weight is 439 g/mol. The van der Waals surface area contributed by atoms with Crippen molar-refractivity contribution in [3.05, 3.63) is 89.4 Å². The Morgan fingerprint density at radius 2 is 1.74 bits per heavy atom. The number of nitrogens with one attached hydrogen (secondary N) is 1. The van der Waals surface area contributed by atoms with Crippen molar-refractivity contribution in [2.45, 2.75) is 30.4 Å². The molecule has 1 N–H and O–H groups in total. The maximum Gasteiger partial charge on any atom is 0.290 e. The van der Waals surface area contributed by atoms with Crippen LogP contribution in [-0.4, -0.2) is 37.4 Å². The molecule has 0 bridgehead atoms. The van der Waals surface area contributed by atoms with Gasteiger partial charge >= 0.3 is 0 Å². The van der Waals surface area contributed by atoms with Gasteiger partial charge in [-0.15, -0.1) is 0 Å². The molecule has 0 saturated carbocycles. The van der Waals surface area contributed by atoms with Crippen LogP contribution in [0.25, 0.3) is 0 Å². The molecule has 1 unspecified atom stereocenters. The van der Waals surface area contributed by atoms with Crippen molar-refractivity contribution in [3.8, 4) is 0 Å². The lowest BCUT2D eigenvalue weighted by Gasteiger charge is -2.35. The Morgan fingerprint density at radius 3 is 2.39 bits per heavy atom. The van der Waals surface area contributed by atoms with Gasteiger partial charge in [0.05, 0.1) is 11.2 Å². The fourth-order valence-corrected chi connectivity index (χ4v) is 4.30. The number of carbonyl (C=O) groups is 2. The zero-order chi connectivity index (χ0) is 22.0. The minimum atomic E-state index is -3.28. The van der Waals surface area contributed by atoms with E-state index < -0.39 is 15.9 Å². The van der Waals surface area contributed by atoms with Gasteiger partial charge in [-0.3, -0.25) is 9.59 Å². The summed E-state index contributed by atoms with van der Waals surface area (Å²) in [5, 5.41) is 2.87. The number of sulfone groups is 1. The molecule has 0 saturated heterocycles. The molecule has 1 aromatic heterocycles. The SMILES string of the molecule is CS(=O)(=O)c1ccc(CNC(=O)C2Cc3ccccc3CN2C(=O)c2ccco2)cc1. The topological polar surface area (TPSA) is 96.7 Å². The van der Waals surface area contributed by atoms with Crippen LogP contribution in [0, 0.1) is 0 Å². The van der Waals surface area contributed by atoms with Crippen molar-refractivity contribution < 1.29 is 22.4 Å². The number of fused-ring (bicyclic) bond motifs is 1. The number of benzene rings is 2. The Hall–Kier alpha value is -3.39. The standard InChI is InChI=1S/C23H22N2O5S/c1-31(28,29)19-10-8-16(9-11-19)14-24-22(26)20-13-17-5-2-3-6-18(17)15-25(20)23(27)21-7-4-12-30-21/h2-12,20H,13-15H2,1H3,(H,24,26). The molecule has 3 aromatic rings. The predicted molar refractivity (Wildman–Crippen MR) is 114 cm³/mol. The number of hydrogen-bond acceptors (Lipinski definition) is 5. The summed E-state index contributed by atoms with van der Waals surface area (Å²) in [6.07, 6.45) is 2.98. The lowest BCUT2D eigenvalue weighted by atomic mass is 9.93. The number of furan rings is 1. The first-order valence-corrected chi connectivity index (χ1v) is 11.7. The Labute approximate surface area is 180 Å². The normalized spacial score (nSPS) is 15.9. The molecule has 1 aliphatic rings. The second-order valence-electron chi connectivity index (χ2n) is 7.53. The van der Waals surface area contributed by atoms with Crippen LogP contribution in [0.3, 0.4) is 0 Å². The van der Waals surface area contributed by atoms with E-state index in [1.54, 1.807) is 24.3 Å². The van der Waals surface area contributed by atoms with Gasteiger partial charge in [0.15, 0.2) is 15.6 Å². The van der Waals surface area contributed by atoms with Crippen LogP contribution in [0.4, 0.5) is 0 Å². The van der Waals surface area contributed by atoms with E-state index in [2.05, 4.69) is 5.32 Å². The first kappa shape index (κ1) is 20.9. The molecule has 0 aliphatic carbocycles. The van der Waals surface area contributed by atoms with E-state index in [1.807, 2.05) is 24.3 Å².